The molecule has 5 nitrogen and oxygen atoms in total. The van der Waals surface area contributed by atoms with Gasteiger partial charge in [-0.3, -0.25) is 14.9 Å². The van der Waals surface area contributed by atoms with Gasteiger partial charge in [0.1, 0.15) is 11.3 Å². The number of anilines is 1. The summed E-state index contributed by atoms with van der Waals surface area (Å²) in [6, 6.07) is 2.39. The summed E-state index contributed by atoms with van der Waals surface area (Å²) < 4.78 is 0. The largest absolute Gasteiger partial charge is 0.393 e. The van der Waals surface area contributed by atoms with Gasteiger partial charge in [0.15, 0.2) is 5.78 Å². The Bertz CT molecular complexity index is 434. The molecule has 0 saturated carbocycles. The fourth-order valence-electron chi connectivity index (χ4n) is 1.11. The number of halogens is 2. The third-order valence-electron chi connectivity index (χ3n) is 1.71. The van der Waals surface area contributed by atoms with E-state index >= 15 is 0 Å². The first kappa shape index (κ1) is 11.7. The molecule has 0 aliphatic heterocycles. The van der Waals surface area contributed by atoms with E-state index in [-0.39, 0.29) is 22.2 Å². The van der Waals surface area contributed by atoms with Crippen molar-refractivity contribution in [2.75, 3.05) is 11.6 Å². The molecular weight excluding hydrogens is 243 g/mol. The topological polar surface area (TPSA) is 86.2 Å². The Balaban J connectivity index is 3.46. The molecule has 0 atom stereocenters. The lowest BCUT2D eigenvalue weighted by atomic mass is 10.1. The van der Waals surface area contributed by atoms with Crippen LogP contribution in [-0.4, -0.2) is 16.6 Å². The lowest BCUT2D eigenvalue weighted by Gasteiger charge is -2.03. The van der Waals surface area contributed by atoms with E-state index in [1.165, 1.54) is 12.1 Å². The number of alkyl halides is 1. The highest BCUT2D eigenvalue weighted by atomic mass is 35.5. The molecule has 0 aliphatic carbocycles. The minimum absolute atomic E-state index is 0.152. The summed E-state index contributed by atoms with van der Waals surface area (Å²) in [7, 11) is 0. The summed E-state index contributed by atoms with van der Waals surface area (Å²) in [5, 5.41) is 10.8. The van der Waals surface area contributed by atoms with E-state index in [2.05, 4.69) is 0 Å². The number of hydrogen-bond donors (Lipinski definition) is 1. The number of nitro benzene ring substituents is 1. The number of rotatable bonds is 3. The lowest BCUT2D eigenvalue weighted by Crippen LogP contribution is -2.07. The van der Waals surface area contributed by atoms with E-state index in [1.807, 2.05) is 0 Å². The van der Waals surface area contributed by atoms with Crippen LogP contribution >= 0.6 is 23.2 Å². The molecule has 0 spiro atoms. The molecule has 0 radical (unpaired) electrons. The average molecular weight is 249 g/mol. The van der Waals surface area contributed by atoms with Crippen LogP contribution < -0.4 is 5.73 Å². The summed E-state index contributed by atoms with van der Waals surface area (Å²) in [4.78, 5) is 21.2. The van der Waals surface area contributed by atoms with Crippen LogP contribution in [0.2, 0.25) is 5.02 Å². The van der Waals surface area contributed by atoms with Crippen LogP contribution in [0, 0.1) is 10.1 Å². The van der Waals surface area contributed by atoms with Gasteiger partial charge in [-0.15, -0.1) is 11.6 Å². The van der Waals surface area contributed by atoms with Crippen molar-refractivity contribution in [3.8, 4) is 0 Å². The van der Waals surface area contributed by atoms with Gasteiger partial charge in [-0.1, -0.05) is 11.6 Å². The highest BCUT2D eigenvalue weighted by molar-refractivity contribution is 6.33. The minimum Gasteiger partial charge on any atom is -0.393 e. The molecule has 0 heterocycles. The van der Waals surface area contributed by atoms with Crippen molar-refractivity contribution >= 4 is 40.4 Å². The first-order valence-electron chi connectivity index (χ1n) is 3.80. The van der Waals surface area contributed by atoms with Crippen LogP contribution in [0.4, 0.5) is 11.4 Å². The van der Waals surface area contributed by atoms with Gasteiger partial charge in [0.05, 0.1) is 10.8 Å². The summed E-state index contributed by atoms with van der Waals surface area (Å²) in [6.45, 7) is 0. The maximum atomic E-state index is 11.3. The number of nitro groups is 1. The Morgan fingerprint density at radius 1 is 1.53 bits per heavy atom. The van der Waals surface area contributed by atoms with Crippen molar-refractivity contribution in [1.82, 2.24) is 0 Å². The summed E-state index contributed by atoms with van der Waals surface area (Å²) in [5.41, 5.74) is 4.62. The van der Waals surface area contributed by atoms with Gasteiger partial charge >= 0.3 is 5.69 Å². The number of benzene rings is 1. The van der Waals surface area contributed by atoms with Crippen molar-refractivity contribution in [3.63, 3.8) is 0 Å². The first-order valence-corrected chi connectivity index (χ1v) is 4.71. The summed E-state index contributed by atoms with van der Waals surface area (Å²) in [5.74, 6) is -0.946. The maximum absolute atomic E-state index is 11.3. The van der Waals surface area contributed by atoms with Crippen LogP contribution in [-0.2, 0) is 0 Å². The first-order chi connectivity index (χ1) is 6.97. The van der Waals surface area contributed by atoms with Gasteiger partial charge in [0.25, 0.3) is 0 Å². The number of nitrogen functional groups attached to an aromatic ring is 1. The summed E-state index contributed by atoms with van der Waals surface area (Å²) in [6.07, 6.45) is 0. The fraction of sp³-hybridized carbons (Fsp3) is 0.125. The quantitative estimate of drug-likeness (QED) is 0.292. The second-order valence-corrected chi connectivity index (χ2v) is 3.41. The average Bonchev–Trinajstić information content (AvgIpc) is 2.14. The number of hydrogen-bond acceptors (Lipinski definition) is 4. The van der Waals surface area contributed by atoms with Gasteiger partial charge in [0, 0.05) is 5.02 Å². The van der Waals surface area contributed by atoms with Crippen molar-refractivity contribution in [3.05, 3.63) is 32.8 Å². The standard InChI is InChI=1S/C8H6Cl2N2O3/c9-3-7(13)5-1-4(10)2-6(11)8(5)12(14)15/h1-2H,3,11H2. The van der Waals surface area contributed by atoms with E-state index in [1.54, 1.807) is 0 Å². The molecule has 7 heteroatoms. The minimum atomic E-state index is -0.731. The summed E-state index contributed by atoms with van der Waals surface area (Å²) >= 11 is 10.9. The molecule has 0 saturated heterocycles. The number of carbonyl (C=O) groups excluding carboxylic acids is 1. The van der Waals surface area contributed by atoms with Gasteiger partial charge < -0.3 is 5.73 Å². The van der Waals surface area contributed by atoms with E-state index in [9.17, 15) is 14.9 Å². The third kappa shape index (κ3) is 2.37. The lowest BCUT2D eigenvalue weighted by molar-refractivity contribution is -0.384. The Hall–Kier alpha value is -1.33. The van der Waals surface area contributed by atoms with Crippen LogP contribution in [0.15, 0.2) is 12.1 Å². The number of nitrogens with zero attached hydrogens (tertiary/aromatic N) is 1. The molecule has 80 valence electrons. The third-order valence-corrected chi connectivity index (χ3v) is 2.17. The number of nitrogens with two attached hydrogens (primary N) is 1. The molecular formula is C8H6Cl2N2O3. The van der Waals surface area contributed by atoms with E-state index < -0.39 is 16.4 Å². The monoisotopic (exact) mass is 248 g/mol. The Kier molecular flexibility index (Phi) is 3.49. The Morgan fingerprint density at radius 2 is 2.13 bits per heavy atom. The Morgan fingerprint density at radius 3 is 2.60 bits per heavy atom. The molecule has 0 bridgehead atoms. The van der Waals surface area contributed by atoms with E-state index in [4.69, 9.17) is 28.9 Å². The molecule has 1 rings (SSSR count). The zero-order valence-electron chi connectivity index (χ0n) is 7.37. The second-order valence-electron chi connectivity index (χ2n) is 2.71. The predicted octanol–water partition coefficient (Wildman–Crippen LogP) is 2.25. The van der Waals surface area contributed by atoms with Crippen LogP contribution in [0.1, 0.15) is 10.4 Å². The molecule has 0 aromatic heterocycles. The van der Waals surface area contributed by atoms with Crippen molar-refractivity contribution in [2.45, 2.75) is 0 Å². The molecule has 0 amide bonds. The molecule has 0 aliphatic rings. The highest BCUT2D eigenvalue weighted by Gasteiger charge is 2.23. The van der Waals surface area contributed by atoms with Gasteiger partial charge in [0.2, 0.25) is 0 Å². The van der Waals surface area contributed by atoms with Crippen molar-refractivity contribution < 1.29 is 9.72 Å². The normalized spacial score (nSPS) is 10.0. The molecule has 0 fully saturated rings. The van der Waals surface area contributed by atoms with E-state index in [0.717, 1.165) is 0 Å². The molecule has 1 aromatic carbocycles. The van der Waals surface area contributed by atoms with Crippen LogP contribution in [0.5, 0.6) is 0 Å². The van der Waals surface area contributed by atoms with Gasteiger partial charge in [-0.2, -0.15) is 0 Å². The molecule has 0 unspecified atom stereocenters. The van der Waals surface area contributed by atoms with Gasteiger partial charge in [-0.05, 0) is 12.1 Å². The zero-order valence-corrected chi connectivity index (χ0v) is 8.88. The molecule has 1 aromatic rings. The van der Waals surface area contributed by atoms with Crippen LogP contribution in [0.25, 0.3) is 0 Å². The Labute approximate surface area is 94.9 Å². The zero-order chi connectivity index (χ0) is 11.6. The second kappa shape index (κ2) is 4.46. The van der Waals surface area contributed by atoms with Crippen molar-refractivity contribution in [1.29, 1.82) is 0 Å². The number of Topliss-reactive ketones (excluding diaryl/α,β-unsaturated/α-hetero) is 1. The molecule has 2 N–H and O–H groups in total. The number of carbonyl (C=O) groups is 1. The molecule has 15 heavy (non-hydrogen) atoms. The number of ketones is 1. The smallest absolute Gasteiger partial charge is 0.302 e. The highest BCUT2D eigenvalue weighted by Crippen LogP contribution is 2.30. The SMILES string of the molecule is Nc1cc(Cl)cc(C(=O)CCl)c1[N+](=O)[O-]. The maximum Gasteiger partial charge on any atom is 0.302 e. The van der Waals surface area contributed by atoms with Crippen molar-refractivity contribution in [2.24, 2.45) is 0 Å². The van der Waals surface area contributed by atoms with Gasteiger partial charge in [-0.25, -0.2) is 0 Å². The van der Waals surface area contributed by atoms with Crippen LogP contribution in [0.3, 0.4) is 0 Å². The fourth-order valence-corrected chi connectivity index (χ4v) is 1.48. The van der Waals surface area contributed by atoms with E-state index in [0.29, 0.717) is 0 Å². The predicted molar refractivity (Wildman–Crippen MR) is 57.6 cm³/mol.